The highest BCUT2D eigenvalue weighted by Gasteiger charge is 2.11. The molecule has 0 bridgehead atoms. The molecule has 0 radical (unpaired) electrons. The molecule has 3 aromatic carbocycles. The fourth-order valence-electron chi connectivity index (χ4n) is 2.53. The standard InChI is InChI=1S/C20H15N3OS/c24-19(14-8-3-1-4-9-14)22-16-12-7-13-17-18(16)23-20(25-17)21-15-10-5-2-6-11-15/h1-13H,(H,21,23)(H,22,24). The van der Waals surface area contributed by atoms with Crippen molar-refractivity contribution < 1.29 is 4.79 Å². The minimum absolute atomic E-state index is 0.140. The summed E-state index contributed by atoms with van der Waals surface area (Å²) >= 11 is 1.56. The van der Waals surface area contributed by atoms with E-state index in [1.165, 1.54) is 0 Å². The molecule has 5 heteroatoms. The second-order valence-corrected chi connectivity index (χ2v) is 6.51. The molecule has 0 unspecified atom stereocenters. The predicted octanol–water partition coefficient (Wildman–Crippen LogP) is 5.29. The largest absolute Gasteiger partial charge is 0.332 e. The summed E-state index contributed by atoms with van der Waals surface area (Å²) in [6, 6.07) is 24.9. The summed E-state index contributed by atoms with van der Waals surface area (Å²) in [5.74, 6) is -0.140. The monoisotopic (exact) mass is 345 g/mol. The minimum Gasteiger partial charge on any atom is -0.332 e. The minimum atomic E-state index is -0.140. The van der Waals surface area contributed by atoms with Gasteiger partial charge in [0.15, 0.2) is 5.13 Å². The summed E-state index contributed by atoms with van der Waals surface area (Å²) in [5, 5.41) is 7.05. The molecule has 0 spiro atoms. The normalized spacial score (nSPS) is 10.6. The summed E-state index contributed by atoms with van der Waals surface area (Å²) in [6.07, 6.45) is 0. The highest BCUT2D eigenvalue weighted by atomic mass is 32.1. The van der Waals surface area contributed by atoms with Crippen molar-refractivity contribution in [2.24, 2.45) is 0 Å². The summed E-state index contributed by atoms with van der Waals surface area (Å²) in [5.41, 5.74) is 3.10. The van der Waals surface area contributed by atoms with Gasteiger partial charge in [0.05, 0.1) is 10.4 Å². The molecule has 0 fully saturated rings. The Labute approximate surface area is 149 Å². The van der Waals surface area contributed by atoms with Gasteiger partial charge in [-0.25, -0.2) is 4.98 Å². The van der Waals surface area contributed by atoms with E-state index < -0.39 is 0 Å². The van der Waals surface area contributed by atoms with Gasteiger partial charge >= 0.3 is 0 Å². The second-order valence-electron chi connectivity index (χ2n) is 5.48. The van der Waals surface area contributed by atoms with Crippen LogP contribution >= 0.6 is 11.3 Å². The number of fused-ring (bicyclic) bond motifs is 1. The van der Waals surface area contributed by atoms with Gasteiger partial charge in [0.2, 0.25) is 0 Å². The Balaban J connectivity index is 1.63. The van der Waals surface area contributed by atoms with E-state index in [1.54, 1.807) is 23.5 Å². The van der Waals surface area contributed by atoms with Crippen LogP contribution in [0.2, 0.25) is 0 Å². The Morgan fingerprint density at radius 2 is 1.56 bits per heavy atom. The van der Waals surface area contributed by atoms with Gasteiger partial charge in [-0.3, -0.25) is 4.79 Å². The molecule has 1 amide bonds. The van der Waals surface area contributed by atoms with Crippen LogP contribution in [-0.2, 0) is 0 Å². The molecule has 122 valence electrons. The number of amides is 1. The van der Waals surface area contributed by atoms with Gasteiger partial charge in [0, 0.05) is 11.3 Å². The van der Waals surface area contributed by atoms with Crippen molar-refractivity contribution >= 4 is 44.0 Å². The molecule has 4 aromatic rings. The Morgan fingerprint density at radius 1 is 0.840 bits per heavy atom. The predicted molar refractivity (Wildman–Crippen MR) is 104 cm³/mol. The van der Waals surface area contributed by atoms with Crippen molar-refractivity contribution in [3.05, 3.63) is 84.4 Å². The lowest BCUT2D eigenvalue weighted by atomic mass is 10.2. The summed E-state index contributed by atoms with van der Waals surface area (Å²) in [4.78, 5) is 17.1. The van der Waals surface area contributed by atoms with Crippen LogP contribution in [0.25, 0.3) is 10.2 Å². The number of carbonyl (C=O) groups excluding carboxylic acids is 1. The number of para-hydroxylation sites is 2. The molecule has 1 heterocycles. The third kappa shape index (κ3) is 3.36. The van der Waals surface area contributed by atoms with Gasteiger partial charge in [-0.05, 0) is 36.4 Å². The number of hydrogen-bond donors (Lipinski definition) is 2. The molecule has 25 heavy (non-hydrogen) atoms. The maximum atomic E-state index is 12.4. The molecular formula is C20H15N3OS. The van der Waals surface area contributed by atoms with Crippen molar-refractivity contribution in [2.45, 2.75) is 0 Å². The van der Waals surface area contributed by atoms with Crippen LogP contribution in [0.15, 0.2) is 78.9 Å². The lowest BCUT2D eigenvalue weighted by Gasteiger charge is -2.05. The Kier molecular flexibility index (Phi) is 4.14. The number of carbonyl (C=O) groups is 1. The first-order valence-electron chi connectivity index (χ1n) is 7.87. The molecule has 0 atom stereocenters. The highest BCUT2D eigenvalue weighted by Crippen LogP contribution is 2.32. The van der Waals surface area contributed by atoms with Crippen LogP contribution in [-0.4, -0.2) is 10.9 Å². The topological polar surface area (TPSA) is 54.0 Å². The molecular weight excluding hydrogens is 330 g/mol. The highest BCUT2D eigenvalue weighted by molar-refractivity contribution is 7.22. The zero-order valence-electron chi connectivity index (χ0n) is 13.3. The molecule has 0 aliphatic heterocycles. The zero-order valence-corrected chi connectivity index (χ0v) is 14.1. The third-order valence-electron chi connectivity index (χ3n) is 3.73. The van der Waals surface area contributed by atoms with E-state index in [2.05, 4.69) is 15.6 Å². The molecule has 0 aliphatic rings. The first-order chi connectivity index (χ1) is 12.3. The van der Waals surface area contributed by atoms with E-state index in [9.17, 15) is 4.79 Å². The maximum Gasteiger partial charge on any atom is 0.255 e. The summed E-state index contributed by atoms with van der Waals surface area (Å²) in [6.45, 7) is 0. The average Bonchev–Trinajstić information content (AvgIpc) is 3.07. The molecule has 0 aliphatic carbocycles. The summed E-state index contributed by atoms with van der Waals surface area (Å²) in [7, 11) is 0. The van der Waals surface area contributed by atoms with Crippen molar-refractivity contribution in [1.82, 2.24) is 4.98 Å². The van der Waals surface area contributed by atoms with Crippen molar-refractivity contribution in [1.29, 1.82) is 0 Å². The molecule has 2 N–H and O–H groups in total. The molecule has 0 saturated carbocycles. The first-order valence-corrected chi connectivity index (χ1v) is 8.69. The number of hydrogen-bond acceptors (Lipinski definition) is 4. The van der Waals surface area contributed by atoms with Crippen molar-refractivity contribution in [3.63, 3.8) is 0 Å². The smallest absolute Gasteiger partial charge is 0.255 e. The van der Waals surface area contributed by atoms with Crippen LogP contribution in [0.1, 0.15) is 10.4 Å². The Morgan fingerprint density at radius 3 is 2.32 bits per heavy atom. The molecule has 4 nitrogen and oxygen atoms in total. The van der Waals surface area contributed by atoms with E-state index in [0.717, 1.165) is 21.0 Å². The van der Waals surface area contributed by atoms with E-state index >= 15 is 0 Å². The lowest BCUT2D eigenvalue weighted by molar-refractivity contribution is 0.102. The van der Waals surface area contributed by atoms with Gasteiger partial charge < -0.3 is 10.6 Å². The first kappa shape index (κ1) is 15.4. The fourth-order valence-corrected chi connectivity index (χ4v) is 3.44. The van der Waals surface area contributed by atoms with Gasteiger partial charge in [0.1, 0.15) is 5.52 Å². The number of thiazole rings is 1. The lowest BCUT2D eigenvalue weighted by Crippen LogP contribution is -2.11. The van der Waals surface area contributed by atoms with Crippen LogP contribution < -0.4 is 10.6 Å². The van der Waals surface area contributed by atoms with Crippen molar-refractivity contribution in [3.8, 4) is 0 Å². The van der Waals surface area contributed by atoms with E-state index in [4.69, 9.17) is 0 Å². The van der Waals surface area contributed by atoms with Crippen LogP contribution in [0, 0.1) is 0 Å². The van der Waals surface area contributed by atoms with E-state index in [-0.39, 0.29) is 5.91 Å². The van der Waals surface area contributed by atoms with Gasteiger partial charge in [0.25, 0.3) is 5.91 Å². The number of nitrogens with zero attached hydrogens (tertiary/aromatic N) is 1. The van der Waals surface area contributed by atoms with Crippen LogP contribution in [0.4, 0.5) is 16.5 Å². The Bertz CT molecular complexity index is 1010. The number of benzene rings is 3. The molecule has 0 saturated heterocycles. The van der Waals surface area contributed by atoms with Crippen molar-refractivity contribution in [2.75, 3.05) is 10.6 Å². The maximum absolute atomic E-state index is 12.4. The van der Waals surface area contributed by atoms with Gasteiger partial charge in [-0.15, -0.1) is 0 Å². The molecule has 4 rings (SSSR count). The second kappa shape index (κ2) is 6.75. The van der Waals surface area contributed by atoms with Crippen LogP contribution in [0.5, 0.6) is 0 Å². The molecule has 1 aromatic heterocycles. The summed E-state index contributed by atoms with van der Waals surface area (Å²) < 4.78 is 1.02. The zero-order chi connectivity index (χ0) is 17.1. The number of nitrogens with one attached hydrogen (secondary N) is 2. The Hall–Kier alpha value is -3.18. The number of rotatable bonds is 4. The number of anilines is 3. The quantitative estimate of drug-likeness (QED) is 0.528. The fraction of sp³-hybridized carbons (Fsp3) is 0. The van der Waals surface area contributed by atoms with Gasteiger partial charge in [-0.1, -0.05) is 53.8 Å². The van der Waals surface area contributed by atoms with E-state index in [0.29, 0.717) is 11.3 Å². The SMILES string of the molecule is O=C(Nc1cccc2sc(Nc3ccccc3)nc12)c1ccccc1. The average molecular weight is 345 g/mol. The van der Waals surface area contributed by atoms with E-state index in [1.807, 2.05) is 66.7 Å². The van der Waals surface area contributed by atoms with Crippen LogP contribution in [0.3, 0.4) is 0 Å². The third-order valence-corrected chi connectivity index (χ3v) is 4.66. The number of aromatic nitrogens is 1. The van der Waals surface area contributed by atoms with Gasteiger partial charge in [-0.2, -0.15) is 0 Å².